The van der Waals surface area contributed by atoms with E-state index in [4.69, 9.17) is 27.6 Å². The summed E-state index contributed by atoms with van der Waals surface area (Å²) in [4.78, 5) is 16.7. The summed E-state index contributed by atoms with van der Waals surface area (Å²) in [5, 5.41) is 7.99. The minimum atomic E-state index is -0.291. The Morgan fingerprint density at radius 2 is 2.04 bits per heavy atom. The molecule has 0 saturated heterocycles. The standard InChI is InChI=1S/C18H12Cl2N4O2/c1-10-22-15-7-13(3-5-17(15)26-10)23-18(25)11-8-21-24(9-11)16-4-2-12(19)6-14(16)20/h2-9H,1H3,(H,23,25). The second-order valence-corrected chi connectivity index (χ2v) is 6.48. The van der Waals surface area contributed by atoms with Crippen LogP contribution < -0.4 is 5.32 Å². The van der Waals surface area contributed by atoms with Gasteiger partial charge in [-0.2, -0.15) is 5.10 Å². The number of nitrogens with zero attached hydrogens (tertiary/aromatic N) is 3. The number of carbonyl (C=O) groups excluding carboxylic acids is 1. The molecule has 1 amide bonds. The molecule has 4 rings (SSSR count). The van der Waals surface area contributed by atoms with Crippen molar-refractivity contribution < 1.29 is 9.21 Å². The van der Waals surface area contributed by atoms with Crippen molar-refractivity contribution in [3.8, 4) is 5.69 Å². The normalized spacial score (nSPS) is 11.0. The topological polar surface area (TPSA) is 73.0 Å². The molecule has 0 aliphatic rings. The van der Waals surface area contributed by atoms with Crippen LogP contribution in [0.15, 0.2) is 53.2 Å². The number of aromatic nitrogens is 3. The number of nitrogens with one attached hydrogen (secondary N) is 1. The average Bonchev–Trinajstić information content (AvgIpc) is 3.20. The Balaban J connectivity index is 1.57. The number of hydrogen-bond donors (Lipinski definition) is 1. The van der Waals surface area contributed by atoms with E-state index in [-0.39, 0.29) is 5.91 Å². The quantitative estimate of drug-likeness (QED) is 0.544. The van der Waals surface area contributed by atoms with Crippen LogP contribution in [-0.4, -0.2) is 20.7 Å². The molecule has 0 aliphatic heterocycles. The first-order valence-electron chi connectivity index (χ1n) is 7.68. The first-order valence-corrected chi connectivity index (χ1v) is 8.44. The van der Waals surface area contributed by atoms with Crippen LogP contribution in [0, 0.1) is 6.92 Å². The number of aryl methyl sites for hydroxylation is 1. The number of amides is 1. The van der Waals surface area contributed by atoms with Gasteiger partial charge in [-0.25, -0.2) is 9.67 Å². The second kappa shape index (κ2) is 6.48. The monoisotopic (exact) mass is 386 g/mol. The molecule has 0 bridgehead atoms. The molecule has 130 valence electrons. The maximum atomic E-state index is 12.5. The minimum Gasteiger partial charge on any atom is -0.441 e. The first-order chi connectivity index (χ1) is 12.5. The van der Waals surface area contributed by atoms with Gasteiger partial charge in [0.15, 0.2) is 11.5 Å². The van der Waals surface area contributed by atoms with Crippen molar-refractivity contribution in [2.75, 3.05) is 5.32 Å². The third-order valence-corrected chi connectivity index (χ3v) is 4.29. The lowest BCUT2D eigenvalue weighted by Gasteiger charge is -2.04. The van der Waals surface area contributed by atoms with E-state index in [2.05, 4.69) is 15.4 Å². The Hall–Kier alpha value is -2.83. The van der Waals surface area contributed by atoms with E-state index in [1.807, 2.05) is 0 Å². The van der Waals surface area contributed by atoms with E-state index in [1.54, 1.807) is 49.5 Å². The van der Waals surface area contributed by atoms with E-state index < -0.39 is 0 Å². The Morgan fingerprint density at radius 3 is 2.85 bits per heavy atom. The molecule has 0 unspecified atom stereocenters. The van der Waals surface area contributed by atoms with Crippen molar-refractivity contribution in [2.24, 2.45) is 0 Å². The van der Waals surface area contributed by atoms with Gasteiger partial charge in [-0.15, -0.1) is 0 Å². The second-order valence-electron chi connectivity index (χ2n) is 5.64. The minimum absolute atomic E-state index is 0.291. The molecule has 0 fully saturated rings. The van der Waals surface area contributed by atoms with Gasteiger partial charge in [-0.05, 0) is 36.4 Å². The number of halogens is 2. The van der Waals surface area contributed by atoms with Crippen molar-refractivity contribution in [1.29, 1.82) is 0 Å². The number of oxazole rings is 1. The molecule has 2 aromatic heterocycles. The summed E-state index contributed by atoms with van der Waals surface area (Å²) in [5.74, 6) is 0.283. The highest BCUT2D eigenvalue weighted by atomic mass is 35.5. The van der Waals surface area contributed by atoms with Crippen molar-refractivity contribution in [1.82, 2.24) is 14.8 Å². The number of hydrogen-bond acceptors (Lipinski definition) is 4. The van der Waals surface area contributed by atoms with Gasteiger partial charge >= 0.3 is 0 Å². The number of carbonyl (C=O) groups is 1. The van der Waals surface area contributed by atoms with Crippen LogP contribution in [0.5, 0.6) is 0 Å². The van der Waals surface area contributed by atoms with Gasteiger partial charge in [0.25, 0.3) is 5.91 Å². The van der Waals surface area contributed by atoms with Gasteiger partial charge in [0.2, 0.25) is 0 Å². The zero-order valence-electron chi connectivity index (χ0n) is 13.5. The summed E-state index contributed by atoms with van der Waals surface area (Å²) < 4.78 is 6.95. The molecule has 2 heterocycles. The highest BCUT2D eigenvalue weighted by molar-refractivity contribution is 6.35. The lowest BCUT2D eigenvalue weighted by Crippen LogP contribution is -2.11. The van der Waals surface area contributed by atoms with Gasteiger partial charge in [0.1, 0.15) is 5.52 Å². The zero-order chi connectivity index (χ0) is 18.3. The maximum absolute atomic E-state index is 12.5. The molecular weight excluding hydrogens is 375 g/mol. The van der Waals surface area contributed by atoms with E-state index >= 15 is 0 Å². The molecule has 4 aromatic rings. The molecule has 0 radical (unpaired) electrons. The summed E-state index contributed by atoms with van der Waals surface area (Å²) in [6, 6.07) is 10.3. The van der Waals surface area contributed by atoms with Crippen LogP contribution in [0.1, 0.15) is 16.2 Å². The van der Waals surface area contributed by atoms with Crippen LogP contribution in [0.3, 0.4) is 0 Å². The largest absolute Gasteiger partial charge is 0.441 e. The van der Waals surface area contributed by atoms with Crippen LogP contribution in [0.2, 0.25) is 10.0 Å². The summed E-state index contributed by atoms with van der Waals surface area (Å²) in [5.41, 5.74) is 3.00. The van der Waals surface area contributed by atoms with Gasteiger partial charge in [0, 0.05) is 23.8 Å². The third-order valence-electron chi connectivity index (χ3n) is 3.75. The van der Waals surface area contributed by atoms with Gasteiger partial charge < -0.3 is 9.73 Å². The molecule has 6 nitrogen and oxygen atoms in total. The smallest absolute Gasteiger partial charge is 0.258 e. The Bertz CT molecular complexity index is 1130. The molecule has 2 aromatic carbocycles. The molecule has 0 spiro atoms. The number of benzene rings is 2. The van der Waals surface area contributed by atoms with Crippen LogP contribution in [0.4, 0.5) is 5.69 Å². The van der Waals surface area contributed by atoms with E-state index in [9.17, 15) is 4.79 Å². The van der Waals surface area contributed by atoms with E-state index in [0.717, 1.165) is 0 Å². The highest BCUT2D eigenvalue weighted by Gasteiger charge is 2.12. The number of fused-ring (bicyclic) bond motifs is 1. The zero-order valence-corrected chi connectivity index (χ0v) is 15.0. The fourth-order valence-corrected chi connectivity index (χ4v) is 3.06. The van der Waals surface area contributed by atoms with E-state index in [1.165, 1.54) is 10.9 Å². The summed E-state index contributed by atoms with van der Waals surface area (Å²) in [7, 11) is 0. The summed E-state index contributed by atoms with van der Waals surface area (Å²) in [6.45, 7) is 1.77. The van der Waals surface area contributed by atoms with Crippen molar-refractivity contribution >= 4 is 45.9 Å². The predicted octanol–water partition coefficient (Wildman–Crippen LogP) is 4.88. The van der Waals surface area contributed by atoms with Crippen molar-refractivity contribution in [3.63, 3.8) is 0 Å². The van der Waals surface area contributed by atoms with Crippen molar-refractivity contribution in [2.45, 2.75) is 6.92 Å². The van der Waals surface area contributed by atoms with Crippen LogP contribution in [0.25, 0.3) is 16.8 Å². The maximum Gasteiger partial charge on any atom is 0.258 e. The Kier molecular flexibility index (Phi) is 4.14. The molecule has 0 saturated carbocycles. The van der Waals surface area contributed by atoms with Crippen molar-refractivity contribution in [3.05, 3.63) is 70.3 Å². The van der Waals surface area contributed by atoms with Crippen LogP contribution >= 0.6 is 23.2 Å². The molecule has 1 N–H and O–H groups in total. The van der Waals surface area contributed by atoms with Gasteiger partial charge in [-0.3, -0.25) is 4.79 Å². The Morgan fingerprint density at radius 1 is 1.19 bits per heavy atom. The molecule has 0 atom stereocenters. The lowest BCUT2D eigenvalue weighted by molar-refractivity contribution is 0.102. The number of rotatable bonds is 3. The molecular formula is C18H12Cl2N4O2. The number of anilines is 1. The van der Waals surface area contributed by atoms with Gasteiger partial charge in [0.05, 0.1) is 22.5 Å². The summed E-state index contributed by atoms with van der Waals surface area (Å²) >= 11 is 12.1. The fraction of sp³-hybridized carbons (Fsp3) is 0.0556. The highest BCUT2D eigenvalue weighted by Crippen LogP contribution is 2.24. The summed E-state index contributed by atoms with van der Waals surface area (Å²) in [6.07, 6.45) is 3.07. The lowest BCUT2D eigenvalue weighted by atomic mass is 10.2. The molecule has 0 aliphatic carbocycles. The Labute approximate surface area is 158 Å². The fourth-order valence-electron chi connectivity index (χ4n) is 2.56. The van der Waals surface area contributed by atoms with Gasteiger partial charge in [-0.1, -0.05) is 23.2 Å². The molecule has 26 heavy (non-hydrogen) atoms. The van der Waals surface area contributed by atoms with Crippen LogP contribution in [-0.2, 0) is 0 Å². The first kappa shape index (κ1) is 16.6. The SMILES string of the molecule is Cc1nc2cc(NC(=O)c3cnn(-c4ccc(Cl)cc4Cl)c3)ccc2o1. The third kappa shape index (κ3) is 3.16. The predicted molar refractivity (Wildman–Crippen MR) is 100 cm³/mol. The average molecular weight is 387 g/mol. The van der Waals surface area contributed by atoms with E-state index in [0.29, 0.717) is 44.0 Å². The molecule has 8 heteroatoms.